The maximum absolute atomic E-state index is 12.4. The van der Waals surface area contributed by atoms with Gasteiger partial charge in [-0.05, 0) is 18.3 Å². The van der Waals surface area contributed by atoms with E-state index >= 15 is 0 Å². The van der Waals surface area contributed by atoms with E-state index in [1.54, 1.807) is 0 Å². The molecule has 1 aliphatic carbocycles. The number of nitrogens with zero attached hydrogens (tertiary/aromatic N) is 1. The van der Waals surface area contributed by atoms with E-state index in [1.807, 2.05) is 0 Å². The third-order valence-electron chi connectivity index (χ3n) is 5.46. The molecular weight excluding hydrogens is 368 g/mol. The predicted octanol–water partition coefficient (Wildman–Crippen LogP) is 2.46. The average molecular weight is 392 g/mol. The Kier molecular flexibility index (Phi) is 6.01. The summed E-state index contributed by atoms with van der Waals surface area (Å²) >= 11 is 0. The Bertz CT molecular complexity index is 780. The van der Waals surface area contributed by atoms with Crippen molar-refractivity contribution >= 4 is 17.6 Å². The second-order valence-electron chi connectivity index (χ2n) is 7.29. The Morgan fingerprint density at radius 2 is 1.89 bits per heavy atom. The van der Waals surface area contributed by atoms with Crippen LogP contribution in [0.3, 0.4) is 0 Å². The molecule has 0 spiro atoms. The number of esters is 1. The number of fused-ring (bicyclic) bond motifs is 1. The molecule has 1 N–H and O–H groups in total. The molecule has 1 amide bonds. The highest BCUT2D eigenvalue weighted by molar-refractivity contribution is 5.96. The molecule has 1 aromatic carbocycles. The Morgan fingerprint density at radius 1 is 1.21 bits per heavy atom. The molecule has 3 rings (SSSR count). The lowest BCUT2D eigenvalue weighted by molar-refractivity contribution is -0.385. The van der Waals surface area contributed by atoms with Crippen molar-refractivity contribution in [1.82, 2.24) is 5.32 Å². The summed E-state index contributed by atoms with van der Waals surface area (Å²) in [6.45, 7) is 4.30. The fraction of sp³-hybridized carbons (Fsp3) is 0.579. The van der Waals surface area contributed by atoms with Crippen molar-refractivity contribution in [3.05, 3.63) is 27.8 Å². The Labute approximate surface area is 162 Å². The van der Waals surface area contributed by atoms with E-state index in [-0.39, 0.29) is 36.3 Å². The van der Waals surface area contributed by atoms with Crippen LogP contribution in [0, 0.1) is 22.0 Å². The lowest BCUT2D eigenvalue weighted by Crippen LogP contribution is -2.45. The fourth-order valence-corrected chi connectivity index (χ4v) is 3.64. The van der Waals surface area contributed by atoms with Crippen LogP contribution in [0.2, 0.25) is 0 Å². The van der Waals surface area contributed by atoms with Gasteiger partial charge in [0.1, 0.15) is 18.8 Å². The molecule has 0 bridgehead atoms. The van der Waals surface area contributed by atoms with Crippen LogP contribution >= 0.6 is 0 Å². The molecule has 1 saturated carbocycles. The molecule has 1 heterocycles. The zero-order chi connectivity index (χ0) is 20.3. The highest BCUT2D eigenvalue weighted by Crippen LogP contribution is 2.37. The number of nitro groups is 1. The van der Waals surface area contributed by atoms with Crippen LogP contribution < -0.4 is 14.8 Å². The normalized spacial score (nSPS) is 23.6. The summed E-state index contributed by atoms with van der Waals surface area (Å²) in [6.07, 6.45) is 3.06. The van der Waals surface area contributed by atoms with E-state index in [0.717, 1.165) is 25.3 Å². The third kappa shape index (κ3) is 4.35. The molecule has 0 unspecified atom stereocenters. The summed E-state index contributed by atoms with van der Waals surface area (Å²) in [5.41, 5.74) is -0.730. The quantitative estimate of drug-likeness (QED) is 0.465. The first-order valence-electron chi connectivity index (χ1n) is 9.41. The van der Waals surface area contributed by atoms with Crippen molar-refractivity contribution in [3.63, 3.8) is 0 Å². The summed E-state index contributed by atoms with van der Waals surface area (Å²) < 4.78 is 15.7. The summed E-state index contributed by atoms with van der Waals surface area (Å²) in [5, 5.41) is 14.2. The molecule has 3 atom stereocenters. The van der Waals surface area contributed by atoms with Crippen LogP contribution in [0.1, 0.15) is 43.5 Å². The minimum absolute atomic E-state index is 0.0404. The van der Waals surface area contributed by atoms with E-state index < -0.39 is 29.1 Å². The standard InChI is InChI=1S/C19H24N2O7/c1-11-4-3-5-14(12(11)2)20-18(22)10-28-19(23)13-8-16-17(27-7-6-26-16)9-15(13)21(24)25/h8-9,11-12,14H,3-7,10H2,1-2H3,(H,20,22)/t11-,12+,14-/m0/s1. The number of hydrogen-bond acceptors (Lipinski definition) is 7. The summed E-state index contributed by atoms with van der Waals surface area (Å²) in [5.74, 6) is -0.0800. The van der Waals surface area contributed by atoms with Gasteiger partial charge in [0.05, 0.1) is 11.0 Å². The van der Waals surface area contributed by atoms with Crippen molar-refractivity contribution in [3.8, 4) is 11.5 Å². The largest absolute Gasteiger partial charge is 0.486 e. The van der Waals surface area contributed by atoms with Crippen LogP contribution in [0.5, 0.6) is 11.5 Å². The molecule has 28 heavy (non-hydrogen) atoms. The molecule has 0 saturated heterocycles. The van der Waals surface area contributed by atoms with Gasteiger partial charge in [-0.1, -0.05) is 26.7 Å². The molecule has 0 radical (unpaired) electrons. The Morgan fingerprint density at radius 3 is 2.57 bits per heavy atom. The van der Waals surface area contributed by atoms with Crippen LogP contribution in [0.25, 0.3) is 0 Å². The van der Waals surface area contributed by atoms with Crippen LogP contribution in [-0.4, -0.2) is 42.7 Å². The number of nitrogens with one attached hydrogen (secondary N) is 1. The van der Waals surface area contributed by atoms with Gasteiger partial charge in [-0.3, -0.25) is 14.9 Å². The van der Waals surface area contributed by atoms with Gasteiger partial charge < -0.3 is 19.5 Å². The summed E-state index contributed by atoms with van der Waals surface area (Å²) in [7, 11) is 0. The lowest BCUT2D eigenvalue weighted by Gasteiger charge is -2.34. The first-order valence-corrected chi connectivity index (χ1v) is 9.41. The fourth-order valence-electron chi connectivity index (χ4n) is 3.64. The zero-order valence-electron chi connectivity index (χ0n) is 15.9. The summed E-state index contributed by atoms with van der Waals surface area (Å²) in [4.78, 5) is 35.2. The number of ether oxygens (including phenoxy) is 3. The van der Waals surface area contributed by atoms with Gasteiger partial charge in [0.15, 0.2) is 18.1 Å². The van der Waals surface area contributed by atoms with E-state index in [4.69, 9.17) is 14.2 Å². The maximum Gasteiger partial charge on any atom is 0.345 e. The van der Waals surface area contributed by atoms with E-state index in [0.29, 0.717) is 11.8 Å². The van der Waals surface area contributed by atoms with Gasteiger partial charge >= 0.3 is 5.97 Å². The third-order valence-corrected chi connectivity index (χ3v) is 5.46. The lowest BCUT2D eigenvalue weighted by atomic mass is 9.78. The molecular formula is C19H24N2O7. The second-order valence-corrected chi connectivity index (χ2v) is 7.29. The van der Waals surface area contributed by atoms with Crippen molar-refractivity contribution in [2.24, 2.45) is 11.8 Å². The van der Waals surface area contributed by atoms with Crippen LogP contribution in [0.4, 0.5) is 5.69 Å². The number of carbonyl (C=O) groups excluding carboxylic acids is 2. The number of nitro benzene ring substituents is 1. The Balaban J connectivity index is 1.64. The number of amides is 1. The van der Waals surface area contributed by atoms with Gasteiger partial charge in [0.2, 0.25) is 0 Å². The van der Waals surface area contributed by atoms with Crippen LogP contribution in [-0.2, 0) is 9.53 Å². The molecule has 9 heteroatoms. The maximum atomic E-state index is 12.4. The number of hydrogen-bond donors (Lipinski definition) is 1. The van der Waals surface area contributed by atoms with Crippen molar-refractivity contribution in [2.75, 3.05) is 19.8 Å². The van der Waals surface area contributed by atoms with Crippen LogP contribution in [0.15, 0.2) is 12.1 Å². The molecule has 2 aliphatic rings. The molecule has 1 fully saturated rings. The topological polar surface area (TPSA) is 117 Å². The van der Waals surface area contributed by atoms with Crippen molar-refractivity contribution in [2.45, 2.75) is 39.2 Å². The first-order chi connectivity index (χ1) is 13.4. The minimum Gasteiger partial charge on any atom is -0.486 e. The molecule has 1 aliphatic heterocycles. The van der Waals surface area contributed by atoms with E-state index in [9.17, 15) is 19.7 Å². The first kappa shape index (κ1) is 19.9. The highest BCUT2D eigenvalue weighted by atomic mass is 16.6. The van der Waals surface area contributed by atoms with Crippen molar-refractivity contribution < 1.29 is 28.7 Å². The average Bonchev–Trinajstić information content (AvgIpc) is 2.68. The van der Waals surface area contributed by atoms with Gasteiger partial charge in [0, 0.05) is 12.1 Å². The SMILES string of the molecule is C[C@H]1[C@@H](NC(=O)COC(=O)c2cc3c(cc2[N+](=O)[O-])OCCO3)CCC[C@@H]1C. The Hall–Kier alpha value is -2.84. The number of benzene rings is 1. The zero-order valence-corrected chi connectivity index (χ0v) is 15.9. The van der Waals surface area contributed by atoms with Gasteiger partial charge in [0.25, 0.3) is 11.6 Å². The van der Waals surface area contributed by atoms with Gasteiger partial charge in [-0.25, -0.2) is 4.79 Å². The van der Waals surface area contributed by atoms with E-state index in [2.05, 4.69) is 19.2 Å². The van der Waals surface area contributed by atoms with Gasteiger partial charge in [-0.15, -0.1) is 0 Å². The highest BCUT2D eigenvalue weighted by Gasteiger charge is 2.30. The minimum atomic E-state index is -0.955. The monoisotopic (exact) mass is 392 g/mol. The smallest absolute Gasteiger partial charge is 0.345 e. The number of rotatable bonds is 5. The molecule has 1 aromatic rings. The molecule has 9 nitrogen and oxygen atoms in total. The summed E-state index contributed by atoms with van der Waals surface area (Å²) in [6, 6.07) is 2.40. The van der Waals surface area contributed by atoms with Crippen molar-refractivity contribution in [1.29, 1.82) is 0 Å². The molecule has 0 aromatic heterocycles. The van der Waals surface area contributed by atoms with Gasteiger partial charge in [-0.2, -0.15) is 0 Å². The molecule has 152 valence electrons. The predicted molar refractivity (Wildman–Crippen MR) is 98.5 cm³/mol. The number of carbonyl (C=O) groups is 2. The second kappa shape index (κ2) is 8.45. The van der Waals surface area contributed by atoms with E-state index in [1.165, 1.54) is 6.07 Å².